The van der Waals surface area contributed by atoms with E-state index in [1.165, 1.54) is 25.7 Å². The third-order valence-electron chi connectivity index (χ3n) is 2.60. The van der Waals surface area contributed by atoms with E-state index >= 15 is 0 Å². The van der Waals surface area contributed by atoms with Crippen LogP contribution in [0.5, 0.6) is 5.75 Å². The van der Waals surface area contributed by atoms with Gasteiger partial charge in [-0.15, -0.1) is 0 Å². The van der Waals surface area contributed by atoms with E-state index in [1.807, 2.05) is 18.2 Å². The van der Waals surface area contributed by atoms with Crippen LogP contribution in [-0.4, -0.2) is 21.1 Å². The van der Waals surface area contributed by atoms with Crippen LogP contribution in [0.3, 0.4) is 0 Å². The van der Waals surface area contributed by atoms with E-state index < -0.39 is 0 Å². The minimum atomic E-state index is 0.350. The van der Waals surface area contributed by atoms with Crippen molar-refractivity contribution in [3.8, 4) is 5.75 Å². The van der Waals surface area contributed by atoms with Gasteiger partial charge in [-0.1, -0.05) is 0 Å². The van der Waals surface area contributed by atoms with Crippen molar-refractivity contribution >= 4 is 16.0 Å². The van der Waals surface area contributed by atoms with Crippen LogP contribution in [-0.2, 0) is 0 Å². The van der Waals surface area contributed by atoms with Gasteiger partial charge in [-0.2, -0.15) is 0 Å². The van der Waals surface area contributed by atoms with Crippen LogP contribution in [0.15, 0.2) is 24.3 Å². The number of unbranched alkanes of at least 4 members (excludes halogenated alkanes) is 3. The van der Waals surface area contributed by atoms with Gasteiger partial charge in [0.25, 0.3) is 0 Å². The molecule has 0 aliphatic carbocycles. The average Bonchev–Trinajstić information content (AvgIpc) is 2.25. The van der Waals surface area contributed by atoms with Crippen molar-refractivity contribution in [2.75, 3.05) is 0 Å². The molecule has 0 saturated carbocycles. The summed E-state index contributed by atoms with van der Waals surface area (Å²) in [7, 11) is 0. The number of para-hydroxylation sites is 1. The Labute approximate surface area is 101 Å². The number of aromatic hydroxyl groups is 1. The molecule has 0 heterocycles. The molecule has 1 N–H and O–H groups in total. The second-order valence-electron chi connectivity index (χ2n) is 3.90. The second kappa shape index (κ2) is 6.92. The fraction of sp³-hybridized carbons (Fsp3) is 0.538. The number of hydrogen-bond donors (Lipinski definition) is 1. The Morgan fingerprint density at radius 2 is 1.93 bits per heavy atom. The Hall–Kier alpha value is -0.461. The zero-order valence-electron chi connectivity index (χ0n) is 9.28. The number of phenols is 1. The molecule has 0 amide bonds. The molecule has 0 aliphatic heterocycles. The van der Waals surface area contributed by atoms with Crippen LogP contribution in [0.2, 0.25) is 0 Å². The quantitative estimate of drug-likeness (QED) is 0.619. The third-order valence-corrected chi connectivity index (χ3v) is 3.63. The Bertz CT molecular complexity index is 286. The molecule has 83 valence electrons. The van der Waals surface area contributed by atoms with Gasteiger partial charge in [0, 0.05) is 0 Å². The zero-order chi connectivity index (χ0) is 11.1. The normalized spacial score (nSPS) is 12.7. The summed E-state index contributed by atoms with van der Waals surface area (Å²) in [6, 6.07) is 7.59. The van der Waals surface area contributed by atoms with Gasteiger partial charge in [-0.25, -0.2) is 0 Å². The number of hydrogen-bond acceptors (Lipinski definition) is 1. The molecule has 0 saturated heterocycles. The predicted octanol–water partition coefficient (Wildman–Crippen LogP) is 3.57. The first-order valence-electron chi connectivity index (χ1n) is 5.69. The number of benzene rings is 1. The molecule has 1 nitrogen and oxygen atoms in total. The molecule has 1 rings (SSSR count). The van der Waals surface area contributed by atoms with Crippen molar-refractivity contribution in [3.63, 3.8) is 0 Å². The van der Waals surface area contributed by atoms with E-state index in [9.17, 15) is 5.11 Å². The van der Waals surface area contributed by atoms with E-state index in [0.29, 0.717) is 10.6 Å². The van der Waals surface area contributed by atoms with Gasteiger partial charge in [0.05, 0.1) is 0 Å². The average molecular weight is 270 g/mol. The predicted molar refractivity (Wildman–Crippen MR) is 65.4 cm³/mol. The second-order valence-corrected chi connectivity index (χ2v) is 5.09. The Morgan fingerprint density at radius 1 is 1.20 bits per heavy atom. The SMILES string of the molecule is CCCCCCC([Se])c1ccccc1O. The Kier molecular flexibility index (Phi) is 5.82. The van der Waals surface area contributed by atoms with Gasteiger partial charge in [0.2, 0.25) is 0 Å². The molecular weight excluding hydrogens is 251 g/mol. The fourth-order valence-corrected chi connectivity index (χ4v) is 2.44. The minimum absolute atomic E-state index is 0.350. The van der Waals surface area contributed by atoms with Gasteiger partial charge < -0.3 is 0 Å². The fourth-order valence-electron chi connectivity index (χ4n) is 1.67. The molecule has 15 heavy (non-hydrogen) atoms. The third kappa shape index (κ3) is 4.27. The van der Waals surface area contributed by atoms with E-state index in [2.05, 4.69) is 22.9 Å². The first kappa shape index (κ1) is 12.6. The summed E-state index contributed by atoms with van der Waals surface area (Å²) < 4.78 is 0. The molecule has 1 unspecified atom stereocenters. The molecule has 0 spiro atoms. The van der Waals surface area contributed by atoms with Gasteiger partial charge in [-0.3, -0.25) is 0 Å². The van der Waals surface area contributed by atoms with Crippen molar-refractivity contribution in [2.24, 2.45) is 0 Å². The summed E-state index contributed by atoms with van der Waals surface area (Å²) >= 11 is 3.15. The first-order valence-corrected chi connectivity index (χ1v) is 6.68. The summed E-state index contributed by atoms with van der Waals surface area (Å²) in [6.07, 6.45) is 6.24. The van der Waals surface area contributed by atoms with Crippen molar-refractivity contribution in [2.45, 2.75) is 43.8 Å². The summed E-state index contributed by atoms with van der Waals surface area (Å²) in [6.45, 7) is 2.22. The maximum atomic E-state index is 9.66. The standard InChI is InChI=1S/C13H19OSe/c1-2-3-4-5-10-13(15)11-8-6-7-9-12(11)14/h6-9,13-14H,2-5,10H2,1H3. The Balaban J connectivity index is 2.40. The molecule has 1 aromatic rings. The van der Waals surface area contributed by atoms with Crippen LogP contribution >= 0.6 is 0 Å². The molecule has 1 aromatic carbocycles. The van der Waals surface area contributed by atoms with Crippen molar-refractivity contribution < 1.29 is 5.11 Å². The summed E-state index contributed by atoms with van der Waals surface area (Å²) in [5, 5.41) is 9.66. The molecule has 2 heteroatoms. The van der Waals surface area contributed by atoms with Crippen LogP contribution in [0.1, 0.15) is 49.4 Å². The van der Waals surface area contributed by atoms with Crippen LogP contribution in [0.25, 0.3) is 0 Å². The first-order chi connectivity index (χ1) is 7.25. The van der Waals surface area contributed by atoms with E-state index in [1.54, 1.807) is 6.07 Å². The van der Waals surface area contributed by atoms with Gasteiger partial charge in [0.15, 0.2) is 0 Å². The molecule has 0 aromatic heterocycles. The zero-order valence-corrected chi connectivity index (χ0v) is 11.0. The van der Waals surface area contributed by atoms with Gasteiger partial charge >= 0.3 is 101 Å². The molecular formula is C13H19OSe. The molecule has 0 fully saturated rings. The summed E-state index contributed by atoms with van der Waals surface area (Å²) in [5.74, 6) is 0.414. The van der Waals surface area contributed by atoms with E-state index in [0.717, 1.165) is 12.0 Å². The molecule has 1 radical (unpaired) electrons. The van der Waals surface area contributed by atoms with Crippen LogP contribution < -0.4 is 0 Å². The van der Waals surface area contributed by atoms with Gasteiger partial charge in [-0.05, 0) is 0 Å². The number of phenolic OH excluding ortho intramolecular Hbond substituents is 1. The summed E-state index contributed by atoms with van der Waals surface area (Å²) in [5.41, 5.74) is 1.04. The maximum absolute atomic E-state index is 9.66. The molecule has 0 aliphatic rings. The van der Waals surface area contributed by atoms with Crippen molar-refractivity contribution in [1.29, 1.82) is 0 Å². The monoisotopic (exact) mass is 271 g/mol. The van der Waals surface area contributed by atoms with Crippen LogP contribution in [0.4, 0.5) is 0 Å². The molecule has 1 atom stereocenters. The van der Waals surface area contributed by atoms with E-state index in [-0.39, 0.29) is 0 Å². The Morgan fingerprint density at radius 3 is 2.60 bits per heavy atom. The van der Waals surface area contributed by atoms with E-state index in [4.69, 9.17) is 0 Å². The summed E-state index contributed by atoms with van der Waals surface area (Å²) in [4.78, 5) is 0.350. The van der Waals surface area contributed by atoms with Crippen LogP contribution in [0, 0.1) is 0 Å². The number of rotatable bonds is 6. The van der Waals surface area contributed by atoms with Gasteiger partial charge in [0.1, 0.15) is 0 Å². The molecule has 0 bridgehead atoms. The topological polar surface area (TPSA) is 20.2 Å². The van der Waals surface area contributed by atoms with Crippen molar-refractivity contribution in [1.82, 2.24) is 0 Å². The van der Waals surface area contributed by atoms with Crippen molar-refractivity contribution in [3.05, 3.63) is 29.8 Å².